The summed E-state index contributed by atoms with van der Waals surface area (Å²) < 4.78 is 0. The molecule has 0 saturated carbocycles. The van der Waals surface area contributed by atoms with Crippen LogP contribution in [0.1, 0.15) is 5.56 Å². The number of rotatable bonds is 2. The molecule has 0 spiro atoms. The Labute approximate surface area is 105 Å². The summed E-state index contributed by atoms with van der Waals surface area (Å²) in [5, 5.41) is 9.73. The number of aromatic nitrogens is 2. The van der Waals surface area contributed by atoms with Gasteiger partial charge in [0.25, 0.3) is 0 Å². The van der Waals surface area contributed by atoms with E-state index in [1.165, 1.54) is 0 Å². The number of aromatic amines is 1. The van der Waals surface area contributed by atoms with Gasteiger partial charge in [0.1, 0.15) is 5.65 Å². The smallest absolute Gasteiger partial charge is 0.137 e. The van der Waals surface area contributed by atoms with E-state index >= 15 is 0 Å². The van der Waals surface area contributed by atoms with Gasteiger partial charge in [0.15, 0.2) is 0 Å². The van der Waals surface area contributed by atoms with E-state index < -0.39 is 0 Å². The fourth-order valence-electron chi connectivity index (χ4n) is 2.02. The summed E-state index contributed by atoms with van der Waals surface area (Å²) in [6, 6.07) is 16.3. The Hall–Kier alpha value is -2.60. The maximum atomic E-state index is 8.69. The number of nitrogens with zero attached hydrogens (tertiary/aromatic N) is 2. The van der Waals surface area contributed by atoms with Gasteiger partial charge >= 0.3 is 0 Å². The van der Waals surface area contributed by atoms with Crippen molar-refractivity contribution in [2.24, 2.45) is 0 Å². The van der Waals surface area contributed by atoms with Gasteiger partial charge in [-0.3, -0.25) is 0 Å². The van der Waals surface area contributed by atoms with Crippen molar-refractivity contribution in [1.82, 2.24) is 9.97 Å². The summed E-state index contributed by atoms with van der Waals surface area (Å²) in [5.41, 5.74) is 3.99. The monoisotopic (exact) mass is 233 g/mol. The molecule has 1 aromatic carbocycles. The summed E-state index contributed by atoms with van der Waals surface area (Å²) in [4.78, 5) is 7.63. The molecule has 0 fully saturated rings. The van der Waals surface area contributed by atoms with Crippen LogP contribution >= 0.6 is 0 Å². The van der Waals surface area contributed by atoms with Gasteiger partial charge in [-0.25, -0.2) is 4.98 Å². The molecule has 0 amide bonds. The SMILES string of the molecule is N#CCc1cnc2[nH]c(-c3ccccc3)cc2c1. The topological polar surface area (TPSA) is 52.5 Å². The minimum atomic E-state index is 0.398. The van der Waals surface area contributed by atoms with Crippen molar-refractivity contribution in [2.45, 2.75) is 6.42 Å². The van der Waals surface area contributed by atoms with E-state index in [1.54, 1.807) is 6.20 Å². The van der Waals surface area contributed by atoms with E-state index in [0.29, 0.717) is 6.42 Å². The third kappa shape index (κ3) is 1.85. The zero-order valence-electron chi connectivity index (χ0n) is 9.72. The Kier molecular flexibility index (Phi) is 2.54. The average molecular weight is 233 g/mol. The van der Waals surface area contributed by atoms with Crippen LogP contribution in [0.25, 0.3) is 22.3 Å². The van der Waals surface area contributed by atoms with Crippen molar-refractivity contribution >= 4 is 11.0 Å². The molecule has 1 N–H and O–H groups in total. The first-order valence-corrected chi connectivity index (χ1v) is 5.77. The minimum Gasteiger partial charge on any atom is -0.339 e. The molecule has 0 saturated heterocycles. The van der Waals surface area contributed by atoms with Crippen molar-refractivity contribution in [1.29, 1.82) is 5.26 Å². The lowest BCUT2D eigenvalue weighted by molar-refractivity contribution is 1.21. The standard InChI is InChI=1S/C15H11N3/c16-7-6-11-8-13-9-14(18-15(13)17-10-11)12-4-2-1-3-5-12/h1-5,8-10H,6H2,(H,17,18). The maximum Gasteiger partial charge on any atom is 0.137 e. The molecule has 0 aliphatic heterocycles. The molecule has 86 valence electrons. The fourth-order valence-corrected chi connectivity index (χ4v) is 2.02. The Balaban J connectivity index is 2.09. The first-order valence-electron chi connectivity index (χ1n) is 5.77. The van der Waals surface area contributed by atoms with Crippen LogP contribution in [0.3, 0.4) is 0 Å². The molecule has 0 aliphatic carbocycles. The lowest BCUT2D eigenvalue weighted by Gasteiger charge is -1.94. The Morgan fingerprint density at radius 2 is 2.00 bits per heavy atom. The Morgan fingerprint density at radius 3 is 2.78 bits per heavy atom. The van der Waals surface area contributed by atoms with Crippen molar-refractivity contribution in [3.63, 3.8) is 0 Å². The van der Waals surface area contributed by atoms with Gasteiger partial charge in [-0.1, -0.05) is 30.3 Å². The molecule has 0 unspecified atom stereocenters. The lowest BCUT2D eigenvalue weighted by Crippen LogP contribution is -1.83. The summed E-state index contributed by atoms with van der Waals surface area (Å²) in [6.45, 7) is 0. The van der Waals surface area contributed by atoms with Gasteiger partial charge in [0.05, 0.1) is 12.5 Å². The van der Waals surface area contributed by atoms with E-state index in [2.05, 4.69) is 34.2 Å². The quantitative estimate of drug-likeness (QED) is 0.738. The lowest BCUT2D eigenvalue weighted by atomic mass is 10.1. The third-order valence-electron chi connectivity index (χ3n) is 2.89. The van der Waals surface area contributed by atoms with Crippen LogP contribution < -0.4 is 0 Å². The number of nitrogens with one attached hydrogen (secondary N) is 1. The number of hydrogen-bond acceptors (Lipinski definition) is 2. The van der Waals surface area contributed by atoms with Gasteiger partial charge in [0, 0.05) is 17.3 Å². The zero-order chi connectivity index (χ0) is 12.4. The Bertz CT molecular complexity index is 720. The van der Waals surface area contributed by atoms with Crippen molar-refractivity contribution in [3.05, 3.63) is 54.2 Å². The first-order chi connectivity index (χ1) is 8.86. The predicted octanol–water partition coefficient (Wildman–Crippen LogP) is 3.30. The first kappa shape index (κ1) is 10.5. The molecule has 0 bridgehead atoms. The van der Waals surface area contributed by atoms with Crippen LogP contribution in [0.2, 0.25) is 0 Å². The van der Waals surface area contributed by atoms with Crippen LogP contribution in [0.5, 0.6) is 0 Å². The van der Waals surface area contributed by atoms with Gasteiger partial charge in [-0.15, -0.1) is 0 Å². The highest BCUT2D eigenvalue weighted by molar-refractivity contribution is 5.83. The number of pyridine rings is 1. The molecule has 0 radical (unpaired) electrons. The number of hydrogen-bond donors (Lipinski definition) is 1. The summed E-state index contributed by atoms with van der Waals surface area (Å²) >= 11 is 0. The highest BCUT2D eigenvalue weighted by Gasteiger charge is 2.04. The second-order valence-corrected chi connectivity index (χ2v) is 4.17. The minimum absolute atomic E-state index is 0.398. The number of fused-ring (bicyclic) bond motifs is 1. The van der Waals surface area contributed by atoms with Crippen LogP contribution in [0.15, 0.2) is 48.7 Å². The van der Waals surface area contributed by atoms with E-state index in [1.807, 2.05) is 24.3 Å². The van der Waals surface area contributed by atoms with Crippen molar-refractivity contribution in [3.8, 4) is 17.3 Å². The van der Waals surface area contributed by atoms with E-state index in [0.717, 1.165) is 27.9 Å². The molecule has 3 heteroatoms. The third-order valence-corrected chi connectivity index (χ3v) is 2.89. The van der Waals surface area contributed by atoms with Gasteiger partial charge in [-0.05, 0) is 23.3 Å². The van der Waals surface area contributed by atoms with Crippen LogP contribution in [-0.2, 0) is 6.42 Å². The Morgan fingerprint density at radius 1 is 1.17 bits per heavy atom. The molecule has 3 rings (SSSR count). The van der Waals surface area contributed by atoms with E-state index in [9.17, 15) is 0 Å². The number of nitriles is 1. The highest BCUT2D eigenvalue weighted by Crippen LogP contribution is 2.23. The van der Waals surface area contributed by atoms with Gasteiger partial charge in [-0.2, -0.15) is 5.26 Å². The summed E-state index contributed by atoms with van der Waals surface area (Å²) in [5.74, 6) is 0. The zero-order valence-corrected chi connectivity index (χ0v) is 9.72. The summed E-state index contributed by atoms with van der Waals surface area (Å²) in [6.07, 6.45) is 2.14. The predicted molar refractivity (Wildman–Crippen MR) is 70.8 cm³/mol. The largest absolute Gasteiger partial charge is 0.339 e. The van der Waals surface area contributed by atoms with E-state index in [4.69, 9.17) is 5.26 Å². The summed E-state index contributed by atoms with van der Waals surface area (Å²) in [7, 11) is 0. The van der Waals surface area contributed by atoms with Gasteiger partial charge in [0.2, 0.25) is 0 Å². The molecular formula is C15H11N3. The van der Waals surface area contributed by atoms with Crippen LogP contribution in [0.4, 0.5) is 0 Å². The highest BCUT2D eigenvalue weighted by atomic mass is 14.9. The van der Waals surface area contributed by atoms with Crippen LogP contribution in [-0.4, -0.2) is 9.97 Å². The van der Waals surface area contributed by atoms with Crippen LogP contribution in [0, 0.1) is 11.3 Å². The van der Waals surface area contributed by atoms with Gasteiger partial charge < -0.3 is 4.98 Å². The fraction of sp³-hybridized carbons (Fsp3) is 0.0667. The molecule has 18 heavy (non-hydrogen) atoms. The molecule has 0 atom stereocenters. The second kappa shape index (κ2) is 4.34. The number of benzene rings is 1. The molecular weight excluding hydrogens is 222 g/mol. The van der Waals surface area contributed by atoms with Crippen molar-refractivity contribution < 1.29 is 0 Å². The normalized spacial score (nSPS) is 10.4. The average Bonchev–Trinajstić information content (AvgIpc) is 2.83. The molecule has 2 heterocycles. The maximum absolute atomic E-state index is 8.69. The molecule has 0 aliphatic rings. The van der Waals surface area contributed by atoms with E-state index in [-0.39, 0.29) is 0 Å². The van der Waals surface area contributed by atoms with Crippen molar-refractivity contribution in [2.75, 3.05) is 0 Å². The molecule has 3 aromatic rings. The molecule has 2 aromatic heterocycles. The second-order valence-electron chi connectivity index (χ2n) is 4.17. The molecule has 3 nitrogen and oxygen atoms in total. The number of H-pyrrole nitrogens is 1.